The van der Waals surface area contributed by atoms with Crippen molar-refractivity contribution in [2.45, 2.75) is 23.6 Å². The molecule has 0 amide bonds. The average Bonchev–Trinajstić information content (AvgIpc) is 2.32. The van der Waals surface area contributed by atoms with Crippen molar-refractivity contribution in [3.05, 3.63) is 27.7 Å². The highest BCUT2D eigenvalue weighted by Crippen LogP contribution is 2.31. The van der Waals surface area contributed by atoms with Crippen LogP contribution < -0.4 is 0 Å². The van der Waals surface area contributed by atoms with Gasteiger partial charge in [-0.1, -0.05) is 34.5 Å². The third-order valence-corrected chi connectivity index (χ3v) is 6.76. The van der Waals surface area contributed by atoms with E-state index in [0.29, 0.717) is 19.5 Å². The molecule has 2 atom stereocenters. The van der Waals surface area contributed by atoms with Gasteiger partial charge in [0.15, 0.2) is 0 Å². The molecule has 0 aliphatic carbocycles. The summed E-state index contributed by atoms with van der Waals surface area (Å²) < 4.78 is 27.3. The molecule has 1 aromatic carbocycles. The number of piperidine rings is 1. The normalized spacial score (nSPS) is 25.5. The summed E-state index contributed by atoms with van der Waals surface area (Å²) in [5.41, 5.74) is 0. The van der Waals surface area contributed by atoms with Crippen LogP contribution in [-0.4, -0.2) is 31.2 Å². The van der Waals surface area contributed by atoms with Crippen molar-refractivity contribution in [3.63, 3.8) is 0 Å². The molecule has 0 N–H and O–H groups in total. The molecule has 2 unspecified atom stereocenters. The van der Waals surface area contributed by atoms with Gasteiger partial charge in [-0.2, -0.15) is 4.31 Å². The Morgan fingerprint density at radius 1 is 1.42 bits per heavy atom. The fourth-order valence-electron chi connectivity index (χ4n) is 2.12. The van der Waals surface area contributed by atoms with Gasteiger partial charge in [0.2, 0.25) is 10.0 Å². The molecule has 0 saturated carbocycles. The van der Waals surface area contributed by atoms with Gasteiger partial charge in [-0.05, 0) is 30.5 Å². The maximum absolute atomic E-state index is 12.6. The van der Waals surface area contributed by atoms with E-state index in [2.05, 4.69) is 15.9 Å². The Hall–Kier alpha value is 0.190. The first kappa shape index (κ1) is 15.6. The van der Waals surface area contributed by atoms with E-state index in [-0.39, 0.29) is 21.2 Å². The highest BCUT2D eigenvalue weighted by molar-refractivity contribution is 9.10. The summed E-state index contributed by atoms with van der Waals surface area (Å²) in [6.07, 6.45) is 0.663. The van der Waals surface area contributed by atoms with Crippen LogP contribution in [0.25, 0.3) is 0 Å². The Balaban J connectivity index is 2.32. The Morgan fingerprint density at radius 2 is 2.11 bits per heavy atom. The lowest BCUT2D eigenvalue weighted by Crippen LogP contribution is -2.43. The van der Waals surface area contributed by atoms with Gasteiger partial charge < -0.3 is 0 Å². The standard InChI is InChI=1S/C12H14BrCl2NO2S/c1-8-7-16(5-4-10(8)14)19(17,18)12-3-2-9(13)6-11(12)15/h2-3,6,8,10H,4-5,7H2,1H3. The number of alkyl halides is 1. The van der Waals surface area contributed by atoms with Crippen LogP contribution in [-0.2, 0) is 10.0 Å². The number of benzene rings is 1. The number of nitrogens with zero attached hydrogens (tertiary/aromatic N) is 1. The zero-order valence-electron chi connectivity index (χ0n) is 10.3. The van der Waals surface area contributed by atoms with Gasteiger partial charge in [0.05, 0.1) is 5.02 Å². The SMILES string of the molecule is CC1CN(S(=O)(=O)c2ccc(Br)cc2Cl)CCC1Cl. The molecular weight excluding hydrogens is 373 g/mol. The predicted octanol–water partition coefficient (Wildman–Crippen LogP) is 3.74. The van der Waals surface area contributed by atoms with Crippen LogP contribution in [0.4, 0.5) is 0 Å². The molecule has 1 saturated heterocycles. The van der Waals surface area contributed by atoms with Crippen LogP contribution in [0.3, 0.4) is 0 Å². The summed E-state index contributed by atoms with van der Waals surface area (Å²) in [7, 11) is -3.54. The summed E-state index contributed by atoms with van der Waals surface area (Å²) in [6, 6.07) is 4.79. The second kappa shape index (κ2) is 5.90. The van der Waals surface area contributed by atoms with Gasteiger partial charge in [0.1, 0.15) is 4.90 Å². The molecule has 2 rings (SSSR count). The van der Waals surface area contributed by atoms with Crippen LogP contribution in [0.15, 0.2) is 27.6 Å². The minimum atomic E-state index is -3.54. The zero-order valence-corrected chi connectivity index (χ0v) is 14.2. The first-order valence-electron chi connectivity index (χ1n) is 5.91. The monoisotopic (exact) mass is 385 g/mol. The average molecular weight is 387 g/mol. The van der Waals surface area contributed by atoms with Gasteiger partial charge in [-0.15, -0.1) is 11.6 Å². The summed E-state index contributed by atoms with van der Waals surface area (Å²) in [5.74, 6) is 0.138. The Labute approximate surface area is 132 Å². The van der Waals surface area contributed by atoms with E-state index in [4.69, 9.17) is 23.2 Å². The first-order chi connectivity index (χ1) is 8.82. The minimum Gasteiger partial charge on any atom is -0.207 e. The van der Waals surface area contributed by atoms with Gasteiger partial charge >= 0.3 is 0 Å². The molecule has 1 aliphatic heterocycles. The number of rotatable bonds is 2. The van der Waals surface area contributed by atoms with E-state index in [9.17, 15) is 8.42 Å². The van der Waals surface area contributed by atoms with E-state index in [1.54, 1.807) is 12.1 Å². The topological polar surface area (TPSA) is 37.4 Å². The smallest absolute Gasteiger partial charge is 0.207 e. The van der Waals surface area contributed by atoms with E-state index >= 15 is 0 Å². The number of hydrogen-bond donors (Lipinski definition) is 0. The second-order valence-electron chi connectivity index (χ2n) is 4.72. The van der Waals surface area contributed by atoms with Gasteiger partial charge in [-0.3, -0.25) is 0 Å². The molecule has 0 aromatic heterocycles. The van der Waals surface area contributed by atoms with Crippen molar-refractivity contribution in [1.82, 2.24) is 4.31 Å². The van der Waals surface area contributed by atoms with E-state index in [0.717, 1.165) is 4.47 Å². The van der Waals surface area contributed by atoms with Gasteiger partial charge in [0.25, 0.3) is 0 Å². The largest absolute Gasteiger partial charge is 0.244 e. The van der Waals surface area contributed by atoms with Crippen molar-refractivity contribution in [3.8, 4) is 0 Å². The van der Waals surface area contributed by atoms with Crippen molar-refractivity contribution in [2.75, 3.05) is 13.1 Å². The quantitative estimate of drug-likeness (QED) is 0.726. The number of sulfonamides is 1. The lowest BCUT2D eigenvalue weighted by molar-refractivity contribution is 0.286. The van der Waals surface area contributed by atoms with Crippen molar-refractivity contribution in [2.24, 2.45) is 5.92 Å². The maximum atomic E-state index is 12.6. The van der Waals surface area contributed by atoms with Gasteiger partial charge in [0, 0.05) is 22.9 Å². The highest BCUT2D eigenvalue weighted by atomic mass is 79.9. The molecule has 1 fully saturated rings. The summed E-state index contributed by atoms with van der Waals surface area (Å²) in [5, 5.41) is 0.266. The number of hydrogen-bond acceptors (Lipinski definition) is 2. The summed E-state index contributed by atoms with van der Waals surface area (Å²) in [6.45, 7) is 2.83. The summed E-state index contributed by atoms with van der Waals surface area (Å²) in [4.78, 5) is 0.151. The third-order valence-electron chi connectivity index (χ3n) is 3.28. The van der Waals surface area contributed by atoms with Crippen LogP contribution in [0.2, 0.25) is 5.02 Å². The molecular formula is C12H14BrCl2NO2S. The van der Waals surface area contributed by atoms with Crippen molar-refractivity contribution < 1.29 is 8.42 Å². The molecule has 0 radical (unpaired) electrons. The molecule has 0 bridgehead atoms. The number of halogens is 3. The molecule has 3 nitrogen and oxygen atoms in total. The van der Waals surface area contributed by atoms with E-state index in [1.165, 1.54) is 10.4 Å². The van der Waals surface area contributed by atoms with Crippen LogP contribution in [0.5, 0.6) is 0 Å². The fraction of sp³-hybridized carbons (Fsp3) is 0.500. The fourth-order valence-corrected chi connectivity index (χ4v) is 4.86. The second-order valence-corrected chi connectivity index (χ2v) is 8.51. The van der Waals surface area contributed by atoms with Crippen LogP contribution in [0, 0.1) is 5.92 Å². The first-order valence-corrected chi connectivity index (χ1v) is 8.96. The Morgan fingerprint density at radius 3 is 2.68 bits per heavy atom. The summed E-state index contributed by atoms with van der Waals surface area (Å²) >= 11 is 15.4. The Bertz CT molecular complexity index is 579. The highest BCUT2D eigenvalue weighted by Gasteiger charge is 2.33. The molecule has 1 aromatic rings. The molecule has 7 heteroatoms. The van der Waals surface area contributed by atoms with Crippen LogP contribution in [0.1, 0.15) is 13.3 Å². The van der Waals surface area contributed by atoms with Crippen LogP contribution >= 0.6 is 39.1 Å². The molecule has 19 heavy (non-hydrogen) atoms. The van der Waals surface area contributed by atoms with E-state index in [1.807, 2.05) is 6.92 Å². The lowest BCUT2D eigenvalue weighted by atomic mass is 10.0. The zero-order chi connectivity index (χ0) is 14.2. The third kappa shape index (κ3) is 3.27. The lowest BCUT2D eigenvalue weighted by Gasteiger charge is -2.33. The molecule has 1 heterocycles. The van der Waals surface area contributed by atoms with Crippen molar-refractivity contribution >= 4 is 49.2 Å². The predicted molar refractivity (Wildman–Crippen MR) is 81.3 cm³/mol. The van der Waals surface area contributed by atoms with Crippen molar-refractivity contribution in [1.29, 1.82) is 0 Å². The van der Waals surface area contributed by atoms with E-state index < -0.39 is 10.0 Å². The minimum absolute atomic E-state index is 0.0341. The molecule has 106 valence electrons. The maximum Gasteiger partial charge on any atom is 0.244 e. The van der Waals surface area contributed by atoms with Gasteiger partial charge in [-0.25, -0.2) is 8.42 Å². The molecule has 0 spiro atoms. The Kier molecular flexibility index (Phi) is 4.83. The molecule has 1 aliphatic rings.